The van der Waals surface area contributed by atoms with Gasteiger partial charge in [0.15, 0.2) is 29.6 Å². The molecule has 0 heterocycles. The second-order valence-electron chi connectivity index (χ2n) is 4.51. The smallest absolute Gasteiger partial charge is 0.310 e. The highest BCUT2D eigenvalue weighted by Gasteiger charge is 2.16. The first-order valence-electron chi connectivity index (χ1n) is 6.68. The first-order valence-corrected chi connectivity index (χ1v) is 6.68. The summed E-state index contributed by atoms with van der Waals surface area (Å²) in [6.45, 7) is -0.319. The number of hydrogen-bond acceptors (Lipinski definition) is 6. The van der Waals surface area contributed by atoms with Gasteiger partial charge >= 0.3 is 5.69 Å². The second-order valence-corrected chi connectivity index (χ2v) is 4.51. The summed E-state index contributed by atoms with van der Waals surface area (Å²) in [7, 11) is 2.97. The Hall–Kier alpha value is -3.09. The van der Waals surface area contributed by atoms with Crippen molar-refractivity contribution in [3.8, 4) is 17.2 Å². The van der Waals surface area contributed by atoms with E-state index in [0.29, 0.717) is 17.1 Å². The van der Waals surface area contributed by atoms with Crippen LogP contribution < -0.4 is 14.2 Å². The molecule has 0 atom stereocenters. The van der Waals surface area contributed by atoms with Gasteiger partial charge < -0.3 is 14.2 Å². The van der Waals surface area contributed by atoms with E-state index in [4.69, 9.17) is 14.2 Å². The molecule has 0 amide bonds. The van der Waals surface area contributed by atoms with Crippen LogP contribution in [0.5, 0.6) is 17.2 Å². The van der Waals surface area contributed by atoms with Crippen LogP contribution in [0.2, 0.25) is 0 Å². The van der Waals surface area contributed by atoms with Crippen LogP contribution in [0.3, 0.4) is 0 Å². The highest BCUT2D eigenvalue weighted by atomic mass is 16.6. The fourth-order valence-corrected chi connectivity index (χ4v) is 1.97. The molecule has 0 saturated carbocycles. The Morgan fingerprint density at radius 1 is 1.04 bits per heavy atom. The third kappa shape index (κ3) is 3.76. The van der Waals surface area contributed by atoms with Crippen molar-refractivity contribution in [3.05, 3.63) is 58.1 Å². The van der Waals surface area contributed by atoms with Crippen LogP contribution >= 0.6 is 0 Å². The van der Waals surface area contributed by atoms with Crippen molar-refractivity contribution < 1.29 is 23.9 Å². The molecular formula is C16H15NO6. The molecule has 0 aromatic heterocycles. The van der Waals surface area contributed by atoms with E-state index in [-0.39, 0.29) is 23.8 Å². The summed E-state index contributed by atoms with van der Waals surface area (Å²) in [6, 6.07) is 10.6. The van der Waals surface area contributed by atoms with Crippen LogP contribution in [0.4, 0.5) is 5.69 Å². The van der Waals surface area contributed by atoms with E-state index in [1.165, 1.54) is 38.5 Å². The van der Waals surface area contributed by atoms with Gasteiger partial charge in [-0.05, 0) is 24.3 Å². The topological polar surface area (TPSA) is 87.9 Å². The minimum Gasteiger partial charge on any atom is -0.493 e. The van der Waals surface area contributed by atoms with E-state index in [0.717, 1.165) is 0 Å². The van der Waals surface area contributed by atoms with Gasteiger partial charge in [0.2, 0.25) is 0 Å². The van der Waals surface area contributed by atoms with Crippen molar-refractivity contribution in [1.82, 2.24) is 0 Å². The number of methoxy groups -OCH3 is 2. The Kier molecular flexibility index (Phi) is 5.14. The fraction of sp³-hybridized carbons (Fsp3) is 0.188. The van der Waals surface area contributed by atoms with Gasteiger partial charge in [0.25, 0.3) is 0 Å². The Labute approximate surface area is 132 Å². The zero-order valence-electron chi connectivity index (χ0n) is 12.6. The summed E-state index contributed by atoms with van der Waals surface area (Å²) in [5.41, 5.74) is 0.175. The number of nitro benzene ring substituents is 1. The van der Waals surface area contributed by atoms with Crippen LogP contribution in [0.15, 0.2) is 42.5 Å². The van der Waals surface area contributed by atoms with Gasteiger partial charge in [0, 0.05) is 11.6 Å². The number of carbonyl (C=O) groups excluding carboxylic acids is 1. The molecule has 0 unspecified atom stereocenters. The number of nitro groups is 1. The number of Topliss-reactive ketones (excluding diaryl/α,β-unsaturated/α-hetero) is 1. The van der Waals surface area contributed by atoms with Crippen molar-refractivity contribution in [1.29, 1.82) is 0 Å². The van der Waals surface area contributed by atoms with Crippen molar-refractivity contribution in [2.75, 3.05) is 20.8 Å². The maximum Gasteiger partial charge on any atom is 0.310 e. The summed E-state index contributed by atoms with van der Waals surface area (Å²) in [5.74, 6) is 0.642. The minimum atomic E-state index is -0.559. The molecule has 0 bridgehead atoms. The van der Waals surface area contributed by atoms with Crippen LogP contribution in [0.25, 0.3) is 0 Å². The van der Waals surface area contributed by atoms with Gasteiger partial charge in [0.05, 0.1) is 19.1 Å². The molecule has 0 radical (unpaired) electrons. The lowest BCUT2D eigenvalue weighted by molar-refractivity contribution is -0.385. The lowest BCUT2D eigenvalue weighted by atomic mass is 10.1. The fourth-order valence-electron chi connectivity index (χ4n) is 1.97. The summed E-state index contributed by atoms with van der Waals surface area (Å²) < 4.78 is 15.5. The number of ketones is 1. The minimum absolute atomic E-state index is 0.0475. The molecule has 2 aromatic carbocycles. The lowest BCUT2D eigenvalue weighted by Crippen LogP contribution is -2.12. The first kappa shape index (κ1) is 16.3. The largest absolute Gasteiger partial charge is 0.493 e. The van der Waals surface area contributed by atoms with Crippen molar-refractivity contribution in [2.45, 2.75) is 0 Å². The molecule has 2 aromatic rings. The van der Waals surface area contributed by atoms with Crippen LogP contribution in [0, 0.1) is 10.1 Å². The number of benzene rings is 2. The molecule has 0 N–H and O–H groups in total. The third-order valence-electron chi connectivity index (χ3n) is 3.13. The SMILES string of the molecule is COc1ccc(C(=O)COc2ccccc2[N+](=O)[O-])cc1OC. The van der Waals surface area contributed by atoms with E-state index in [1.807, 2.05) is 0 Å². The molecule has 7 heteroatoms. The number of para-hydroxylation sites is 2. The Balaban J connectivity index is 2.13. The Morgan fingerprint density at radius 2 is 1.74 bits per heavy atom. The van der Waals surface area contributed by atoms with Crippen LogP contribution in [-0.2, 0) is 0 Å². The van der Waals surface area contributed by atoms with E-state index >= 15 is 0 Å². The summed E-state index contributed by atoms with van der Waals surface area (Å²) in [4.78, 5) is 22.5. The zero-order valence-corrected chi connectivity index (χ0v) is 12.6. The summed E-state index contributed by atoms with van der Waals surface area (Å²) in [5, 5.41) is 10.9. The molecule has 7 nitrogen and oxygen atoms in total. The number of hydrogen-bond donors (Lipinski definition) is 0. The molecular weight excluding hydrogens is 302 g/mol. The second kappa shape index (κ2) is 7.26. The zero-order chi connectivity index (χ0) is 16.8. The van der Waals surface area contributed by atoms with Gasteiger partial charge in [0.1, 0.15) is 0 Å². The van der Waals surface area contributed by atoms with E-state index in [2.05, 4.69) is 0 Å². The molecule has 0 spiro atoms. The third-order valence-corrected chi connectivity index (χ3v) is 3.13. The monoisotopic (exact) mass is 317 g/mol. The van der Waals surface area contributed by atoms with E-state index < -0.39 is 4.92 Å². The standard InChI is InChI=1S/C16H15NO6/c1-21-15-8-7-11(9-16(15)22-2)13(18)10-23-14-6-4-3-5-12(14)17(19)20/h3-9H,10H2,1-2H3. The normalized spacial score (nSPS) is 10.0. The molecule has 2 rings (SSSR count). The predicted molar refractivity (Wildman–Crippen MR) is 82.5 cm³/mol. The van der Waals surface area contributed by atoms with Gasteiger partial charge in [-0.3, -0.25) is 14.9 Å². The molecule has 0 fully saturated rings. The van der Waals surface area contributed by atoms with Crippen LogP contribution in [0.1, 0.15) is 10.4 Å². The molecule has 0 aliphatic heterocycles. The molecule has 0 aliphatic rings. The van der Waals surface area contributed by atoms with Crippen molar-refractivity contribution >= 4 is 11.5 Å². The van der Waals surface area contributed by atoms with E-state index in [1.54, 1.807) is 18.2 Å². The first-order chi connectivity index (χ1) is 11.1. The molecule has 0 saturated heterocycles. The number of carbonyl (C=O) groups is 1. The molecule has 120 valence electrons. The maximum atomic E-state index is 12.2. The van der Waals surface area contributed by atoms with Gasteiger partial charge in [-0.15, -0.1) is 0 Å². The quantitative estimate of drug-likeness (QED) is 0.443. The summed E-state index contributed by atoms with van der Waals surface area (Å²) in [6.07, 6.45) is 0. The van der Waals surface area contributed by atoms with Gasteiger partial charge in [-0.2, -0.15) is 0 Å². The van der Waals surface area contributed by atoms with E-state index in [9.17, 15) is 14.9 Å². The number of nitrogens with zero attached hydrogens (tertiary/aromatic N) is 1. The number of ether oxygens (including phenoxy) is 3. The average Bonchev–Trinajstić information content (AvgIpc) is 2.59. The maximum absolute atomic E-state index is 12.2. The number of rotatable bonds is 7. The molecule has 0 aliphatic carbocycles. The molecule has 23 heavy (non-hydrogen) atoms. The highest BCUT2D eigenvalue weighted by Crippen LogP contribution is 2.28. The predicted octanol–water partition coefficient (Wildman–Crippen LogP) is 2.87. The highest BCUT2D eigenvalue weighted by molar-refractivity contribution is 5.97. The Morgan fingerprint density at radius 3 is 2.39 bits per heavy atom. The van der Waals surface area contributed by atoms with Gasteiger partial charge in [-0.25, -0.2) is 0 Å². The van der Waals surface area contributed by atoms with Gasteiger partial charge in [-0.1, -0.05) is 12.1 Å². The van der Waals surface area contributed by atoms with Crippen molar-refractivity contribution in [3.63, 3.8) is 0 Å². The summed E-state index contributed by atoms with van der Waals surface area (Å²) >= 11 is 0. The van der Waals surface area contributed by atoms with Crippen LogP contribution in [-0.4, -0.2) is 31.5 Å². The average molecular weight is 317 g/mol. The van der Waals surface area contributed by atoms with Crippen molar-refractivity contribution in [2.24, 2.45) is 0 Å². The lowest BCUT2D eigenvalue weighted by Gasteiger charge is -2.10. The Bertz CT molecular complexity index is 728.